The fraction of sp³-hybridized carbons (Fsp3) is 0.579. The molecule has 1 N–H and O–H groups in total. The third kappa shape index (κ3) is 2.93. The molecule has 3 aliphatic rings. The lowest BCUT2D eigenvalue weighted by Gasteiger charge is -2.38. The zero-order valence-corrected chi connectivity index (χ0v) is 14.9. The van der Waals surface area contributed by atoms with E-state index >= 15 is 0 Å². The van der Waals surface area contributed by atoms with Crippen molar-refractivity contribution in [3.63, 3.8) is 0 Å². The molecule has 25 heavy (non-hydrogen) atoms. The Balaban J connectivity index is 1.58. The van der Waals surface area contributed by atoms with Gasteiger partial charge in [0.15, 0.2) is 0 Å². The molecule has 0 radical (unpaired) electrons. The van der Waals surface area contributed by atoms with Gasteiger partial charge in [-0.2, -0.15) is 0 Å². The van der Waals surface area contributed by atoms with Crippen LogP contribution >= 0.6 is 11.6 Å². The number of hydrogen-bond donors (Lipinski definition) is 1. The first-order valence-electron chi connectivity index (χ1n) is 9.10. The van der Waals surface area contributed by atoms with Crippen molar-refractivity contribution in [2.24, 2.45) is 5.92 Å². The van der Waals surface area contributed by atoms with Gasteiger partial charge >= 0.3 is 0 Å². The van der Waals surface area contributed by atoms with Crippen LogP contribution in [0.5, 0.6) is 0 Å². The fourth-order valence-electron chi connectivity index (χ4n) is 4.41. The highest BCUT2D eigenvalue weighted by atomic mass is 35.5. The van der Waals surface area contributed by atoms with E-state index in [1.165, 1.54) is 0 Å². The maximum Gasteiger partial charge on any atom is 0.256 e. The summed E-state index contributed by atoms with van der Waals surface area (Å²) in [4.78, 5) is 29.8. The van der Waals surface area contributed by atoms with Crippen LogP contribution in [0.25, 0.3) is 0 Å². The molecule has 134 valence electrons. The first-order chi connectivity index (χ1) is 12.1. The molecule has 1 aromatic carbocycles. The molecule has 0 bridgehead atoms. The highest BCUT2D eigenvalue weighted by Gasteiger charge is 2.57. The second kappa shape index (κ2) is 6.61. The van der Waals surface area contributed by atoms with Gasteiger partial charge in [-0.1, -0.05) is 23.7 Å². The Morgan fingerprint density at radius 1 is 1.20 bits per heavy atom. The first-order valence-corrected chi connectivity index (χ1v) is 9.48. The van der Waals surface area contributed by atoms with E-state index in [2.05, 4.69) is 0 Å². The molecule has 2 heterocycles. The number of carbonyl (C=O) groups is 2. The van der Waals surface area contributed by atoms with Gasteiger partial charge in [-0.25, -0.2) is 0 Å². The summed E-state index contributed by atoms with van der Waals surface area (Å²) in [5, 5.41) is 10.0. The van der Waals surface area contributed by atoms with Crippen molar-refractivity contribution in [1.82, 2.24) is 9.80 Å². The molecule has 3 fully saturated rings. The normalized spacial score (nSPS) is 31.0. The molecule has 1 saturated carbocycles. The van der Waals surface area contributed by atoms with E-state index in [4.69, 9.17) is 11.6 Å². The Hall–Kier alpha value is -1.59. The fourth-order valence-corrected chi connectivity index (χ4v) is 4.63. The summed E-state index contributed by atoms with van der Waals surface area (Å²) in [6.45, 7) is 0.661. The highest BCUT2D eigenvalue weighted by Crippen LogP contribution is 2.49. The van der Waals surface area contributed by atoms with Gasteiger partial charge < -0.3 is 14.9 Å². The number of rotatable bonds is 3. The van der Waals surface area contributed by atoms with Crippen molar-refractivity contribution in [1.29, 1.82) is 0 Å². The van der Waals surface area contributed by atoms with Crippen LogP contribution in [0.3, 0.4) is 0 Å². The summed E-state index contributed by atoms with van der Waals surface area (Å²) in [5.74, 6) is 0.274. The number of amides is 2. The van der Waals surface area contributed by atoms with E-state index in [-0.39, 0.29) is 30.5 Å². The minimum Gasteiger partial charge on any atom is -0.394 e. The summed E-state index contributed by atoms with van der Waals surface area (Å²) in [7, 11) is 0. The lowest BCUT2D eigenvalue weighted by atomic mass is 10.00. The van der Waals surface area contributed by atoms with Crippen LogP contribution in [0, 0.1) is 5.92 Å². The van der Waals surface area contributed by atoms with Crippen molar-refractivity contribution in [2.45, 2.75) is 50.2 Å². The molecule has 4 atom stereocenters. The van der Waals surface area contributed by atoms with Crippen molar-refractivity contribution in [2.75, 3.05) is 13.2 Å². The Labute approximate surface area is 152 Å². The van der Waals surface area contributed by atoms with Crippen LogP contribution in [0.15, 0.2) is 24.3 Å². The van der Waals surface area contributed by atoms with Gasteiger partial charge in [-0.05, 0) is 50.2 Å². The lowest BCUT2D eigenvalue weighted by Crippen LogP contribution is -2.54. The van der Waals surface area contributed by atoms with E-state index < -0.39 is 6.04 Å². The summed E-state index contributed by atoms with van der Waals surface area (Å²) >= 11 is 6.20. The van der Waals surface area contributed by atoms with E-state index in [9.17, 15) is 14.7 Å². The topological polar surface area (TPSA) is 60.9 Å². The number of aliphatic hydroxyl groups excluding tert-OH is 1. The Morgan fingerprint density at radius 2 is 2.00 bits per heavy atom. The number of likely N-dealkylation sites (tertiary alicyclic amines) is 2. The van der Waals surface area contributed by atoms with Crippen LogP contribution < -0.4 is 0 Å². The van der Waals surface area contributed by atoms with Gasteiger partial charge in [0.2, 0.25) is 5.91 Å². The number of halogens is 1. The molecule has 0 spiro atoms. The molecule has 2 amide bonds. The monoisotopic (exact) mass is 362 g/mol. The van der Waals surface area contributed by atoms with Crippen molar-refractivity contribution in [3.05, 3.63) is 34.9 Å². The average molecular weight is 363 g/mol. The number of aliphatic hydroxyl groups is 1. The van der Waals surface area contributed by atoms with Crippen molar-refractivity contribution >= 4 is 23.4 Å². The predicted octanol–water partition coefficient (Wildman–Crippen LogP) is 2.32. The van der Waals surface area contributed by atoms with Crippen LogP contribution in [0.1, 0.15) is 42.5 Å². The molecule has 6 heteroatoms. The number of carbonyl (C=O) groups excluding carboxylic acids is 2. The van der Waals surface area contributed by atoms with Gasteiger partial charge in [0.05, 0.1) is 23.2 Å². The largest absolute Gasteiger partial charge is 0.394 e. The zero-order chi connectivity index (χ0) is 17.6. The second-order valence-electron chi connectivity index (χ2n) is 7.37. The first kappa shape index (κ1) is 16.9. The van der Waals surface area contributed by atoms with Crippen molar-refractivity contribution in [3.8, 4) is 0 Å². The molecule has 2 aliphatic heterocycles. The Kier molecular flexibility index (Phi) is 4.46. The predicted molar refractivity (Wildman–Crippen MR) is 94.4 cm³/mol. The standard InChI is InChI=1S/C19H23ClN2O3/c20-15-7-2-1-6-14(15)18(24)22-16-9-12(16)10-17(22)19(25)21-8-4-3-5-13(21)11-23/h1-2,6-7,12-13,16-17,23H,3-5,8-11H2/t12-,13+,16-,17-/m0/s1. The van der Waals surface area contributed by atoms with E-state index in [1.54, 1.807) is 34.1 Å². The number of nitrogens with zero attached hydrogens (tertiary/aromatic N) is 2. The van der Waals surface area contributed by atoms with E-state index in [0.29, 0.717) is 23.0 Å². The summed E-state index contributed by atoms with van der Waals surface area (Å²) in [6, 6.07) is 6.65. The molecular formula is C19H23ClN2O3. The number of fused-ring (bicyclic) bond motifs is 1. The van der Waals surface area contributed by atoms with Gasteiger partial charge in [0.1, 0.15) is 6.04 Å². The average Bonchev–Trinajstić information content (AvgIpc) is 3.31. The van der Waals surface area contributed by atoms with E-state index in [0.717, 1.165) is 32.1 Å². The van der Waals surface area contributed by atoms with Crippen molar-refractivity contribution < 1.29 is 14.7 Å². The van der Waals surface area contributed by atoms with Gasteiger partial charge in [0.25, 0.3) is 5.91 Å². The molecule has 4 rings (SSSR count). The van der Waals surface area contributed by atoms with Crippen LogP contribution in [0.2, 0.25) is 5.02 Å². The smallest absolute Gasteiger partial charge is 0.256 e. The number of benzene rings is 1. The van der Waals surface area contributed by atoms with Gasteiger partial charge in [0, 0.05) is 12.6 Å². The molecular weight excluding hydrogens is 340 g/mol. The molecule has 0 unspecified atom stereocenters. The minimum absolute atomic E-state index is 0.00801. The molecule has 1 aromatic rings. The van der Waals surface area contributed by atoms with Crippen LogP contribution in [-0.2, 0) is 4.79 Å². The van der Waals surface area contributed by atoms with Crippen LogP contribution in [0.4, 0.5) is 0 Å². The maximum absolute atomic E-state index is 13.2. The minimum atomic E-state index is -0.417. The lowest BCUT2D eigenvalue weighted by molar-refractivity contribution is -0.140. The third-order valence-corrected chi connectivity index (χ3v) is 6.18. The summed E-state index contributed by atoms with van der Waals surface area (Å²) < 4.78 is 0. The molecule has 2 saturated heterocycles. The Morgan fingerprint density at radius 3 is 2.76 bits per heavy atom. The molecule has 1 aliphatic carbocycles. The van der Waals surface area contributed by atoms with Crippen LogP contribution in [-0.4, -0.2) is 58.0 Å². The van der Waals surface area contributed by atoms with Gasteiger partial charge in [-0.3, -0.25) is 9.59 Å². The number of hydrogen-bond acceptors (Lipinski definition) is 3. The second-order valence-corrected chi connectivity index (χ2v) is 7.78. The third-order valence-electron chi connectivity index (χ3n) is 5.85. The van der Waals surface area contributed by atoms with Gasteiger partial charge in [-0.15, -0.1) is 0 Å². The SMILES string of the molecule is O=C([C@@H]1C[C@@H]2C[C@@H]2N1C(=O)c1ccccc1Cl)N1CCCC[C@@H]1CO. The number of piperidine rings is 2. The quantitative estimate of drug-likeness (QED) is 0.897. The Bertz CT molecular complexity index is 695. The van der Waals surface area contributed by atoms with E-state index in [1.807, 2.05) is 0 Å². The molecule has 5 nitrogen and oxygen atoms in total. The highest BCUT2D eigenvalue weighted by molar-refractivity contribution is 6.33. The molecule has 0 aromatic heterocycles. The summed E-state index contributed by atoms with van der Waals surface area (Å²) in [6.07, 6.45) is 4.53. The summed E-state index contributed by atoms with van der Waals surface area (Å²) in [5.41, 5.74) is 0.465. The zero-order valence-electron chi connectivity index (χ0n) is 14.1. The maximum atomic E-state index is 13.2.